The molecule has 0 N–H and O–H groups in total. The molecule has 11 rings (SSSR count). The number of hydrogen-bond acceptors (Lipinski definition) is 2. The molecule has 0 saturated carbocycles. The largest absolute Gasteiger partial charge is 0.310 e. The van der Waals surface area contributed by atoms with Crippen LogP contribution in [0.1, 0.15) is 122 Å². The van der Waals surface area contributed by atoms with Crippen LogP contribution in [0.3, 0.4) is 0 Å². The maximum Gasteiger partial charge on any atom is 0.0502 e. The fraction of sp³-hybridized carbons (Fsp3) is 0.224. The Morgan fingerprint density at radius 1 is 0.377 bits per heavy atom. The van der Waals surface area contributed by atoms with Gasteiger partial charge < -0.3 is 9.80 Å². The number of nitrogens with zero attached hydrogens (tertiary/aromatic N) is 2. The van der Waals surface area contributed by atoms with Crippen LogP contribution in [0, 0.1) is 0 Å². The maximum absolute atomic E-state index is 4.05. The van der Waals surface area contributed by atoms with Crippen molar-refractivity contribution in [3.63, 3.8) is 0 Å². The van der Waals surface area contributed by atoms with E-state index in [4.69, 9.17) is 0 Å². The van der Waals surface area contributed by atoms with Crippen LogP contribution in [0.4, 0.5) is 34.1 Å². The Morgan fingerprint density at radius 2 is 0.739 bits per heavy atom. The van der Waals surface area contributed by atoms with E-state index in [-0.39, 0.29) is 16.2 Å². The summed E-state index contributed by atoms with van der Waals surface area (Å²) in [5.41, 5.74) is 23.2. The molecule has 69 heavy (non-hydrogen) atoms. The Hall–Kier alpha value is -7.16. The Morgan fingerprint density at radius 3 is 1.10 bits per heavy atom. The minimum Gasteiger partial charge on any atom is -0.310 e. The van der Waals surface area contributed by atoms with Gasteiger partial charge in [0.25, 0.3) is 0 Å². The molecule has 0 amide bonds. The minimum absolute atomic E-state index is 0.132. The lowest BCUT2D eigenvalue weighted by molar-refractivity contribution is 0.407. The zero-order valence-corrected chi connectivity index (χ0v) is 40.9. The van der Waals surface area contributed by atoms with Gasteiger partial charge in [0.1, 0.15) is 0 Å². The average molecular weight is 897 g/mol. The van der Waals surface area contributed by atoms with Crippen LogP contribution in [0.2, 0.25) is 0 Å². The van der Waals surface area contributed by atoms with Crippen molar-refractivity contribution < 1.29 is 0 Å². The van der Waals surface area contributed by atoms with Crippen LogP contribution in [-0.2, 0) is 29.1 Å². The van der Waals surface area contributed by atoms with Crippen molar-refractivity contribution >= 4 is 46.3 Å². The second-order valence-electron chi connectivity index (χ2n) is 20.8. The van der Waals surface area contributed by atoms with Crippen LogP contribution in [-0.4, -0.2) is 0 Å². The van der Waals surface area contributed by atoms with E-state index in [1.165, 1.54) is 101 Å². The Labute approximate surface area is 411 Å². The molecule has 8 aromatic rings. The summed E-state index contributed by atoms with van der Waals surface area (Å²) in [5.74, 6) is 0. The highest BCUT2D eigenvalue weighted by atomic mass is 15.2. The first-order chi connectivity index (χ1) is 33.6. The van der Waals surface area contributed by atoms with Gasteiger partial charge in [-0.05, 0) is 154 Å². The van der Waals surface area contributed by atoms with E-state index in [1.807, 2.05) is 12.2 Å². The lowest BCUT2D eigenvalue weighted by Crippen LogP contribution is -2.30. The summed E-state index contributed by atoms with van der Waals surface area (Å²) in [5, 5.41) is 0. The van der Waals surface area contributed by atoms with E-state index < -0.39 is 0 Å². The average Bonchev–Trinajstić information content (AvgIpc) is 3.65. The second kappa shape index (κ2) is 17.7. The summed E-state index contributed by atoms with van der Waals surface area (Å²) in [6.07, 6.45) is 12.7. The van der Waals surface area contributed by atoms with Gasteiger partial charge in [-0.1, -0.05) is 199 Å². The second-order valence-corrected chi connectivity index (χ2v) is 20.8. The molecular weight excluding hydrogens is 833 g/mol. The molecule has 2 heterocycles. The zero-order valence-electron chi connectivity index (χ0n) is 40.9. The number of fused-ring (bicyclic) bond motifs is 7. The number of rotatable bonds is 14. The highest BCUT2D eigenvalue weighted by Gasteiger charge is 2.45. The van der Waals surface area contributed by atoms with E-state index in [9.17, 15) is 0 Å². The van der Waals surface area contributed by atoms with Crippen molar-refractivity contribution in [1.29, 1.82) is 0 Å². The van der Waals surface area contributed by atoms with Crippen molar-refractivity contribution in [2.75, 3.05) is 9.80 Å². The first-order valence-electron chi connectivity index (χ1n) is 25.3. The fourth-order valence-corrected chi connectivity index (χ4v) is 12.6. The summed E-state index contributed by atoms with van der Waals surface area (Å²) < 4.78 is 0. The molecule has 0 bridgehead atoms. The third kappa shape index (κ3) is 7.57. The molecule has 0 radical (unpaired) electrons. The summed E-state index contributed by atoms with van der Waals surface area (Å²) in [4.78, 5) is 5.07. The SMILES string of the molecule is C=Cc1cccc(CCCCC2(CCCCc3cccc(C=C)c3)c3ccc(N4c5ccccc5C(C)(C)c5ccccc54)cc3-c3cc(N4c5ccccc5C(C)(C)c5ccccc54)ccc32)c1. The number of hydrogen-bond donors (Lipinski definition) is 0. The predicted octanol–water partition coefficient (Wildman–Crippen LogP) is 18.3. The van der Waals surface area contributed by atoms with E-state index >= 15 is 0 Å². The fourth-order valence-electron chi connectivity index (χ4n) is 12.6. The van der Waals surface area contributed by atoms with Crippen molar-refractivity contribution in [3.8, 4) is 11.1 Å². The molecule has 0 spiro atoms. The molecule has 0 fully saturated rings. The molecule has 1 aliphatic carbocycles. The van der Waals surface area contributed by atoms with Crippen LogP contribution >= 0.6 is 0 Å². The van der Waals surface area contributed by atoms with Crippen molar-refractivity contribution in [2.24, 2.45) is 0 Å². The van der Waals surface area contributed by atoms with E-state index in [0.717, 1.165) is 51.4 Å². The van der Waals surface area contributed by atoms with Gasteiger partial charge in [0.05, 0.1) is 22.7 Å². The number of aryl methyl sites for hydroxylation is 2. The van der Waals surface area contributed by atoms with Gasteiger partial charge in [0, 0.05) is 27.6 Å². The van der Waals surface area contributed by atoms with Crippen LogP contribution < -0.4 is 9.80 Å². The predicted molar refractivity (Wildman–Crippen MR) is 294 cm³/mol. The van der Waals surface area contributed by atoms with Crippen LogP contribution in [0.5, 0.6) is 0 Å². The normalized spacial score (nSPS) is 15.2. The lowest BCUT2D eigenvalue weighted by Gasteiger charge is -2.42. The Bertz CT molecular complexity index is 2940. The quantitative estimate of drug-likeness (QED) is 0.100. The smallest absolute Gasteiger partial charge is 0.0502 e. The molecule has 0 atom stereocenters. The molecule has 8 aromatic carbocycles. The van der Waals surface area contributed by atoms with E-state index in [1.54, 1.807) is 0 Å². The first kappa shape index (κ1) is 44.4. The van der Waals surface area contributed by atoms with Gasteiger partial charge >= 0.3 is 0 Å². The number of benzene rings is 8. The van der Waals surface area contributed by atoms with E-state index in [2.05, 4.69) is 233 Å². The molecule has 0 saturated heterocycles. The lowest BCUT2D eigenvalue weighted by atomic mass is 9.70. The molecule has 2 nitrogen and oxygen atoms in total. The number of unbranched alkanes of at least 4 members (excludes halogenated alkanes) is 2. The summed E-state index contributed by atoms with van der Waals surface area (Å²) >= 11 is 0. The molecule has 2 aliphatic heterocycles. The van der Waals surface area contributed by atoms with Crippen LogP contribution in [0.25, 0.3) is 23.3 Å². The third-order valence-corrected chi connectivity index (χ3v) is 16.1. The third-order valence-electron chi connectivity index (χ3n) is 16.1. The summed E-state index contributed by atoms with van der Waals surface area (Å²) in [7, 11) is 0. The molecule has 342 valence electrons. The number of para-hydroxylation sites is 4. The van der Waals surface area contributed by atoms with Gasteiger partial charge in [-0.25, -0.2) is 0 Å². The summed E-state index contributed by atoms with van der Waals surface area (Å²) in [6.45, 7) is 17.6. The van der Waals surface area contributed by atoms with Gasteiger partial charge in [0.2, 0.25) is 0 Å². The van der Waals surface area contributed by atoms with Gasteiger partial charge in [0.15, 0.2) is 0 Å². The first-order valence-corrected chi connectivity index (χ1v) is 25.3. The zero-order chi connectivity index (χ0) is 47.3. The molecule has 2 heteroatoms. The highest BCUT2D eigenvalue weighted by molar-refractivity contribution is 5.93. The monoisotopic (exact) mass is 897 g/mol. The van der Waals surface area contributed by atoms with Crippen molar-refractivity contribution in [2.45, 2.75) is 95.3 Å². The van der Waals surface area contributed by atoms with Crippen molar-refractivity contribution in [3.05, 3.63) is 251 Å². The Kier molecular flexibility index (Phi) is 11.4. The van der Waals surface area contributed by atoms with Crippen LogP contribution in [0.15, 0.2) is 195 Å². The highest BCUT2D eigenvalue weighted by Crippen LogP contribution is 2.59. The molecule has 0 unspecified atom stereocenters. The van der Waals surface area contributed by atoms with Gasteiger partial charge in [-0.2, -0.15) is 0 Å². The number of anilines is 6. The van der Waals surface area contributed by atoms with Gasteiger partial charge in [-0.3, -0.25) is 0 Å². The molecular formula is C67H64N2. The minimum atomic E-state index is -0.146. The topological polar surface area (TPSA) is 6.48 Å². The van der Waals surface area contributed by atoms with E-state index in [0.29, 0.717) is 0 Å². The van der Waals surface area contributed by atoms with Crippen molar-refractivity contribution in [1.82, 2.24) is 0 Å². The standard InChI is InChI=1S/C67H64N2/c1-7-47-25-21-27-49(43-47)23-17-19-41-67(42-20-18-24-50-28-22-26-48(8-2)44-50)55-39-37-51(68-61-33-13-9-29-57(61)65(3,4)58-30-10-14-34-62(58)68)45-53(55)54-46-52(38-40-56(54)67)69-63-35-15-11-31-59(63)66(5,6)60-32-12-16-36-64(60)69/h7-16,21-22,25-40,43-46H,1-2,17-20,23-24,41-42H2,3-6H3. The van der Waals surface area contributed by atoms with Gasteiger partial charge in [-0.15, -0.1) is 0 Å². The molecule has 0 aromatic heterocycles. The summed E-state index contributed by atoms with van der Waals surface area (Å²) in [6, 6.07) is 69.1. The Balaban J connectivity index is 1.07. The molecule has 3 aliphatic rings. The maximum atomic E-state index is 4.05.